The number of rotatable bonds is 20. The molecule has 0 aromatic heterocycles. The highest BCUT2D eigenvalue weighted by Crippen LogP contribution is 2.16. The zero-order chi connectivity index (χ0) is 25.9. The van der Waals surface area contributed by atoms with Crippen molar-refractivity contribution in [1.29, 1.82) is 0 Å². The van der Waals surface area contributed by atoms with Crippen LogP contribution in [0.15, 0.2) is 0 Å². The number of amides is 1. The third kappa shape index (κ3) is 14.2. The lowest BCUT2D eigenvalue weighted by atomic mass is 9.94. The number of nitrogens with two attached hydrogens (primary N) is 1. The van der Waals surface area contributed by atoms with Gasteiger partial charge in [-0.1, -0.05) is 64.7 Å². The number of aliphatic hydroxyl groups is 3. The van der Waals surface area contributed by atoms with Crippen molar-refractivity contribution in [2.75, 3.05) is 19.7 Å². The highest BCUT2D eigenvalue weighted by Gasteiger charge is 2.37. The summed E-state index contributed by atoms with van der Waals surface area (Å²) in [6.07, 6.45) is 11.2. The number of carbonyl (C=O) groups excluding carboxylic acids is 2. The lowest BCUT2D eigenvalue weighted by Gasteiger charge is -2.38. The van der Waals surface area contributed by atoms with Gasteiger partial charge in [0.05, 0.1) is 31.2 Å². The standard InChI is InChI=1S/C26H51N3O6/c1-2-3-4-5-6-7-8-9-11-14-20(35-24(32)15-12-10-13-16-27)17-23(31)29-21-18-28-22(19-30)26(34)25(21)33/h20-22,25-26,28,30,33-34H,2-19,27H2,1H3,(H,29,31)/t20-,21-,22+,25+,26+/m0/s1. The molecule has 1 heterocycles. The van der Waals surface area contributed by atoms with Crippen molar-refractivity contribution in [1.82, 2.24) is 10.6 Å². The van der Waals surface area contributed by atoms with E-state index in [0.29, 0.717) is 19.4 Å². The van der Waals surface area contributed by atoms with Crippen LogP contribution in [0.25, 0.3) is 0 Å². The second kappa shape index (κ2) is 19.9. The van der Waals surface area contributed by atoms with E-state index >= 15 is 0 Å². The van der Waals surface area contributed by atoms with E-state index in [1.807, 2.05) is 0 Å². The lowest BCUT2D eigenvalue weighted by Crippen LogP contribution is -2.65. The van der Waals surface area contributed by atoms with Gasteiger partial charge in [-0.15, -0.1) is 0 Å². The molecule has 1 rings (SSSR count). The number of hydrogen-bond acceptors (Lipinski definition) is 8. The molecule has 0 aliphatic carbocycles. The number of nitrogens with one attached hydrogen (secondary N) is 2. The number of unbranched alkanes of at least 4 members (excludes halogenated alkanes) is 10. The number of ether oxygens (including phenoxy) is 1. The van der Waals surface area contributed by atoms with Gasteiger partial charge in [-0.05, 0) is 32.2 Å². The Hall–Kier alpha value is -1.26. The maximum Gasteiger partial charge on any atom is 0.306 e. The lowest BCUT2D eigenvalue weighted by molar-refractivity contribution is -0.151. The van der Waals surface area contributed by atoms with Gasteiger partial charge in [0, 0.05) is 13.0 Å². The third-order valence-electron chi connectivity index (χ3n) is 6.74. The van der Waals surface area contributed by atoms with E-state index in [1.165, 1.54) is 38.5 Å². The summed E-state index contributed by atoms with van der Waals surface area (Å²) in [5, 5.41) is 35.3. The van der Waals surface area contributed by atoms with E-state index < -0.39 is 30.4 Å². The molecule has 35 heavy (non-hydrogen) atoms. The second-order valence-corrected chi connectivity index (χ2v) is 9.88. The van der Waals surface area contributed by atoms with Gasteiger partial charge < -0.3 is 36.4 Å². The zero-order valence-electron chi connectivity index (χ0n) is 21.8. The normalized spacial score (nSPS) is 23.1. The van der Waals surface area contributed by atoms with Crippen molar-refractivity contribution < 1.29 is 29.6 Å². The smallest absolute Gasteiger partial charge is 0.306 e. The van der Waals surface area contributed by atoms with Crippen LogP contribution in [-0.2, 0) is 14.3 Å². The van der Waals surface area contributed by atoms with Crippen LogP contribution in [0.4, 0.5) is 0 Å². The molecule has 0 radical (unpaired) electrons. The van der Waals surface area contributed by atoms with Gasteiger partial charge in [0.2, 0.25) is 5.91 Å². The number of piperidine rings is 1. The van der Waals surface area contributed by atoms with E-state index in [9.17, 15) is 24.9 Å². The summed E-state index contributed by atoms with van der Waals surface area (Å²) in [5.41, 5.74) is 5.50. The molecule has 1 amide bonds. The molecule has 1 saturated heterocycles. The molecule has 0 unspecified atom stereocenters. The monoisotopic (exact) mass is 501 g/mol. The number of aliphatic hydroxyl groups excluding tert-OH is 3. The summed E-state index contributed by atoms with van der Waals surface area (Å²) in [6, 6.07) is -1.31. The average Bonchev–Trinajstić information content (AvgIpc) is 2.83. The van der Waals surface area contributed by atoms with Crippen LogP contribution >= 0.6 is 0 Å². The van der Waals surface area contributed by atoms with Gasteiger partial charge in [-0.3, -0.25) is 9.59 Å². The number of carbonyl (C=O) groups is 2. The number of esters is 1. The molecular formula is C26H51N3O6. The largest absolute Gasteiger partial charge is 0.462 e. The maximum absolute atomic E-state index is 12.7. The SMILES string of the molecule is CCCCCCCCCCC[C@@H](CC(=O)N[C@H]1CN[C@H](CO)[C@@H](O)[C@@H]1O)OC(=O)CCCCCN. The molecular weight excluding hydrogens is 450 g/mol. The van der Waals surface area contributed by atoms with Gasteiger partial charge in [0.15, 0.2) is 0 Å². The molecule has 0 spiro atoms. The van der Waals surface area contributed by atoms with E-state index in [1.54, 1.807) is 0 Å². The zero-order valence-corrected chi connectivity index (χ0v) is 21.8. The minimum Gasteiger partial charge on any atom is -0.462 e. The molecule has 0 bridgehead atoms. The van der Waals surface area contributed by atoms with Crippen LogP contribution in [0, 0.1) is 0 Å². The van der Waals surface area contributed by atoms with Gasteiger partial charge in [0.25, 0.3) is 0 Å². The summed E-state index contributed by atoms with van der Waals surface area (Å²) in [4.78, 5) is 25.0. The molecule has 0 aromatic rings. The Balaban J connectivity index is 2.47. The first-order valence-corrected chi connectivity index (χ1v) is 13.8. The molecule has 5 atom stereocenters. The summed E-state index contributed by atoms with van der Waals surface area (Å²) < 4.78 is 5.65. The summed E-state index contributed by atoms with van der Waals surface area (Å²) in [5.74, 6) is -0.626. The molecule has 9 heteroatoms. The quantitative estimate of drug-likeness (QED) is 0.109. The second-order valence-electron chi connectivity index (χ2n) is 9.88. The predicted octanol–water partition coefficient (Wildman–Crippen LogP) is 1.90. The van der Waals surface area contributed by atoms with Gasteiger partial charge in [-0.25, -0.2) is 0 Å². The fourth-order valence-corrected chi connectivity index (χ4v) is 4.50. The molecule has 0 saturated carbocycles. The number of hydrogen-bond donors (Lipinski definition) is 6. The minimum atomic E-state index is -1.18. The third-order valence-corrected chi connectivity index (χ3v) is 6.74. The molecule has 0 aromatic carbocycles. The highest BCUT2D eigenvalue weighted by atomic mass is 16.5. The first-order valence-electron chi connectivity index (χ1n) is 13.8. The van der Waals surface area contributed by atoms with E-state index in [4.69, 9.17) is 10.5 Å². The van der Waals surface area contributed by atoms with Crippen molar-refractivity contribution in [2.45, 2.75) is 134 Å². The Morgan fingerprint density at radius 1 is 0.971 bits per heavy atom. The van der Waals surface area contributed by atoms with Crippen molar-refractivity contribution >= 4 is 11.9 Å². The van der Waals surface area contributed by atoms with E-state index in [0.717, 1.165) is 38.5 Å². The van der Waals surface area contributed by atoms with Gasteiger partial charge in [0.1, 0.15) is 12.2 Å². The molecule has 1 aliphatic rings. The topological polar surface area (TPSA) is 154 Å². The minimum absolute atomic E-state index is 0.0221. The first-order chi connectivity index (χ1) is 16.9. The maximum atomic E-state index is 12.7. The van der Waals surface area contributed by atoms with Crippen LogP contribution in [0.3, 0.4) is 0 Å². The summed E-state index contributed by atoms with van der Waals surface area (Å²) in [7, 11) is 0. The molecule has 9 nitrogen and oxygen atoms in total. The molecule has 1 fully saturated rings. The fraction of sp³-hybridized carbons (Fsp3) is 0.923. The van der Waals surface area contributed by atoms with Crippen molar-refractivity contribution in [2.24, 2.45) is 5.73 Å². The molecule has 1 aliphatic heterocycles. The van der Waals surface area contributed by atoms with Crippen LogP contribution in [0.2, 0.25) is 0 Å². The highest BCUT2D eigenvalue weighted by molar-refractivity contribution is 5.77. The summed E-state index contributed by atoms with van der Waals surface area (Å²) in [6.45, 7) is 2.75. The van der Waals surface area contributed by atoms with Crippen molar-refractivity contribution in [3.05, 3.63) is 0 Å². The van der Waals surface area contributed by atoms with Crippen LogP contribution in [0.5, 0.6) is 0 Å². The Bertz CT molecular complexity index is 565. The fourth-order valence-electron chi connectivity index (χ4n) is 4.50. The Labute approximate surface area is 211 Å². The molecule has 7 N–H and O–H groups in total. The van der Waals surface area contributed by atoms with Crippen molar-refractivity contribution in [3.8, 4) is 0 Å². The van der Waals surface area contributed by atoms with E-state index in [2.05, 4.69) is 17.6 Å². The van der Waals surface area contributed by atoms with Gasteiger partial charge in [-0.2, -0.15) is 0 Å². The Morgan fingerprint density at radius 3 is 2.23 bits per heavy atom. The predicted molar refractivity (Wildman–Crippen MR) is 137 cm³/mol. The van der Waals surface area contributed by atoms with Gasteiger partial charge >= 0.3 is 5.97 Å². The van der Waals surface area contributed by atoms with Crippen molar-refractivity contribution in [3.63, 3.8) is 0 Å². The van der Waals surface area contributed by atoms with E-state index in [-0.39, 0.29) is 31.4 Å². The summed E-state index contributed by atoms with van der Waals surface area (Å²) >= 11 is 0. The first kappa shape index (κ1) is 31.8. The Kier molecular flexibility index (Phi) is 18.0. The Morgan fingerprint density at radius 2 is 1.60 bits per heavy atom. The average molecular weight is 502 g/mol. The van der Waals surface area contributed by atoms with Crippen LogP contribution in [0.1, 0.15) is 103 Å². The van der Waals surface area contributed by atoms with Crippen LogP contribution in [-0.4, -0.2) is 77.3 Å². The molecule has 206 valence electrons. The van der Waals surface area contributed by atoms with Crippen LogP contribution < -0.4 is 16.4 Å².